The molecule has 6 heteroatoms. The van der Waals surface area contributed by atoms with E-state index in [1.165, 1.54) is 0 Å². The first-order chi connectivity index (χ1) is 7.43. The second kappa shape index (κ2) is 3.87. The van der Waals surface area contributed by atoms with E-state index in [9.17, 15) is 4.79 Å². The lowest BCUT2D eigenvalue weighted by molar-refractivity contribution is -0.123. The number of benzene rings is 1. The van der Waals surface area contributed by atoms with Crippen molar-refractivity contribution in [1.29, 1.82) is 0 Å². The molecule has 0 aliphatic carbocycles. The molecule has 3 nitrogen and oxygen atoms in total. The number of nitrogens with one attached hydrogen (secondary N) is 2. The van der Waals surface area contributed by atoms with E-state index in [4.69, 9.17) is 35.4 Å². The molecule has 0 aromatic heterocycles. The molecule has 16 heavy (non-hydrogen) atoms. The molecule has 0 saturated carbocycles. The lowest BCUT2D eigenvalue weighted by atomic mass is 9.92. The highest BCUT2D eigenvalue weighted by Crippen LogP contribution is 2.32. The van der Waals surface area contributed by atoms with Crippen LogP contribution in [0.3, 0.4) is 0 Å². The van der Waals surface area contributed by atoms with E-state index in [0.717, 1.165) is 0 Å². The van der Waals surface area contributed by atoms with Gasteiger partial charge in [0.05, 0.1) is 0 Å². The number of rotatable bonds is 1. The Morgan fingerprint density at radius 3 is 2.56 bits per heavy atom. The van der Waals surface area contributed by atoms with Gasteiger partial charge in [0, 0.05) is 15.6 Å². The molecule has 1 fully saturated rings. The maximum Gasteiger partial charge on any atom is 0.256 e. The first-order valence-electron chi connectivity index (χ1n) is 4.52. The van der Waals surface area contributed by atoms with E-state index in [0.29, 0.717) is 20.7 Å². The van der Waals surface area contributed by atoms with Gasteiger partial charge in [0.2, 0.25) is 0 Å². The van der Waals surface area contributed by atoms with Crippen LogP contribution in [0.1, 0.15) is 12.5 Å². The maximum absolute atomic E-state index is 11.8. The summed E-state index contributed by atoms with van der Waals surface area (Å²) in [5.41, 5.74) is -0.283. The first-order valence-corrected chi connectivity index (χ1v) is 5.69. The summed E-state index contributed by atoms with van der Waals surface area (Å²) in [6.07, 6.45) is 0. The predicted octanol–water partition coefficient (Wildman–Crippen LogP) is 2.21. The summed E-state index contributed by atoms with van der Waals surface area (Å²) in [4.78, 5) is 11.8. The summed E-state index contributed by atoms with van der Waals surface area (Å²) in [7, 11) is 0. The van der Waals surface area contributed by atoms with Gasteiger partial charge < -0.3 is 10.6 Å². The number of hydrogen-bond acceptors (Lipinski definition) is 2. The van der Waals surface area contributed by atoms with E-state index < -0.39 is 5.54 Å². The summed E-state index contributed by atoms with van der Waals surface area (Å²) in [6, 6.07) is 5.00. The van der Waals surface area contributed by atoms with Gasteiger partial charge in [-0.3, -0.25) is 4.79 Å². The van der Waals surface area contributed by atoms with Crippen LogP contribution >= 0.6 is 35.4 Å². The van der Waals surface area contributed by atoms with Crippen molar-refractivity contribution < 1.29 is 4.79 Å². The van der Waals surface area contributed by atoms with Crippen LogP contribution in [-0.4, -0.2) is 11.0 Å². The van der Waals surface area contributed by atoms with Crippen LogP contribution in [0.4, 0.5) is 0 Å². The minimum atomic E-state index is -0.932. The van der Waals surface area contributed by atoms with Crippen LogP contribution in [0.5, 0.6) is 0 Å². The summed E-state index contributed by atoms with van der Waals surface area (Å²) in [6.45, 7) is 1.72. The molecule has 1 heterocycles. The third-order valence-corrected chi connectivity index (χ3v) is 3.27. The van der Waals surface area contributed by atoms with E-state index in [2.05, 4.69) is 10.6 Å². The highest BCUT2D eigenvalue weighted by Gasteiger charge is 2.42. The largest absolute Gasteiger partial charge is 0.345 e. The summed E-state index contributed by atoms with van der Waals surface area (Å²) in [5.74, 6) is -0.221. The van der Waals surface area contributed by atoms with Crippen LogP contribution in [0, 0.1) is 0 Å². The topological polar surface area (TPSA) is 41.1 Å². The predicted molar refractivity (Wildman–Crippen MR) is 67.7 cm³/mol. The fourth-order valence-electron chi connectivity index (χ4n) is 1.63. The molecule has 1 aromatic rings. The van der Waals surface area contributed by atoms with Crippen molar-refractivity contribution >= 4 is 46.4 Å². The van der Waals surface area contributed by atoms with Crippen molar-refractivity contribution in [3.05, 3.63) is 33.8 Å². The lowest BCUT2D eigenvalue weighted by Gasteiger charge is -2.22. The molecule has 0 radical (unpaired) electrons. The normalized spacial score (nSPS) is 24.2. The van der Waals surface area contributed by atoms with E-state index >= 15 is 0 Å². The van der Waals surface area contributed by atoms with Gasteiger partial charge in [0.1, 0.15) is 5.54 Å². The molecule has 0 spiro atoms. The third-order valence-electron chi connectivity index (χ3n) is 2.51. The van der Waals surface area contributed by atoms with Gasteiger partial charge in [-0.15, -0.1) is 0 Å². The van der Waals surface area contributed by atoms with Crippen molar-refractivity contribution in [2.45, 2.75) is 12.5 Å². The Hall–Kier alpha value is -0.840. The van der Waals surface area contributed by atoms with Crippen LogP contribution in [0.2, 0.25) is 10.0 Å². The highest BCUT2D eigenvalue weighted by atomic mass is 35.5. The number of carbonyl (C=O) groups excluding carboxylic acids is 1. The Labute approximate surface area is 108 Å². The Morgan fingerprint density at radius 2 is 2.06 bits per heavy atom. The fourth-order valence-corrected chi connectivity index (χ4v) is 2.52. The minimum absolute atomic E-state index is 0.221. The Morgan fingerprint density at radius 1 is 1.38 bits per heavy atom. The van der Waals surface area contributed by atoms with Gasteiger partial charge in [-0.1, -0.05) is 29.3 Å². The zero-order valence-corrected chi connectivity index (χ0v) is 10.6. The van der Waals surface area contributed by atoms with Crippen LogP contribution in [0.25, 0.3) is 0 Å². The highest BCUT2D eigenvalue weighted by molar-refractivity contribution is 7.80. The number of thiocarbonyl (C=S) groups is 1. The average molecular weight is 275 g/mol. The molecule has 1 amide bonds. The van der Waals surface area contributed by atoms with E-state index in [1.807, 2.05) is 0 Å². The second-order valence-electron chi connectivity index (χ2n) is 3.66. The van der Waals surface area contributed by atoms with Gasteiger partial charge in [-0.05, 0) is 31.3 Å². The SMILES string of the molecule is CC1(c2ccc(Cl)cc2Cl)NC(=S)NC1=O. The first kappa shape index (κ1) is 11.6. The van der Waals surface area contributed by atoms with Gasteiger partial charge >= 0.3 is 0 Å². The Balaban J connectivity index is 2.51. The molecule has 1 aliphatic heterocycles. The molecular formula is C10H8Cl2N2OS. The molecular weight excluding hydrogens is 267 g/mol. The van der Waals surface area contributed by atoms with Crippen molar-refractivity contribution in [1.82, 2.24) is 10.6 Å². The van der Waals surface area contributed by atoms with Crippen LogP contribution in [0.15, 0.2) is 18.2 Å². The number of halogens is 2. The molecule has 1 atom stereocenters. The Kier molecular flexibility index (Phi) is 2.82. The average Bonchev–Trinajstić information content (AvgIpc) is 2.40. The molecule has 2 N–H and O–H groups in total. The fraction of sp³-hybridized carbons (Fsp3) is 0.200. The molecule has 0 bridgehead atoms. The van der Waals surface area contributed by atoms with E-state index in [1.54, 1.807) is 25.1 Å². The summed E-state index contributed by atoms with van der Waals surface area (Å²) < 4.78 is 0. The van der Waals surface area contributed by atoms with Gasteiger partial charge in [0.25, 0.3) is 5.91 Å². The zero-order chi connectivity index (χ0) is 11.9. The van der Waals surface area contributed by atoms with Crippen molar-refractivity contribution in [3.63, 3.8) is 0 Å². The summed E-state index contributed by atoms with van der Waals surface area (Å²) in [5, 5.41) is 6.70. The van der Waals surface area contributed by atoms with Gasteiger partial charge in [-0.25, -0.2) is 0 Å². The number of hydrogen-bond donors (Lipinski definition) is 2. The quantitative estimate of drug-likeness (QED) is 0.772. The molecule has 1 unspecified atom stereocenters. The number of amides is 1. The number of carbonyl (C=O) groups is 1. The van der Waals surface area contributed by atoms with Crippen LogP contribution in [-0.2, 0) is 10.3 Å². The smallest absolute Gasteiger partial charge is 0.256 e. The summed E-state index contributed by atoms with van der Waals surface area (Å²) >= 11 is 16.8. The molecule has 1 saturated heterocycles. The van der Waals surface area contributed by atoms with Crippen molar-refractivity contribution in [2.75, 3.05) is 0 Å². The van der Waals surface area contributed by atoms with Gasteiger partial charge in [0.15, 0.2) is 5.11 Å². The Bertz CT molecular complexity index is 492. The van der Waals surface area contributed by atoms with Crippen molar-refractivity contribution in [2.24, 2.45) is 0 Å². The standard InChI is InChI=1S/C10H8Cl2N2OS/c1-10(8(15)13-9(16)14-10)6-3-2-5(11)4-7(6)12/h2-4H,1H3,(H2,13,14,15,16). The molecule has 1 aromatic carbocycles. The molecule has 2 rings (SSSR count). The van der Waals surface area contributed by atoms with E-state index in [-0.39, 0.29) is 5.91 Å². The van der Waals surface area contributed by atoms with Gasteiger partial charge in [-0.2, -0.15) is 0 Å². The second-order valence-corrected chi connectivity index (χ2v) is 4.91. The third kappa shape index (κ3) is 1.77. The monoisotopic (exact) mass is 274 g/mol. The molecule has 84 valence electrons. The molecule has 1 aliphatic rings. The minimum Gasteiger partial charge on any atom is -0.345 e. The van der Waals surface area contributed by atoms with Crippen LogP contribution < -0.4 is 10.6 Å². The zero-order valence-electron chi connectivity index (χ0n) is 8.30. The lowest BCUT2D eigenvalue weighted by Crippen LogP contribution is -2.40. The maximum atomic E-state index is 11.8. The van der Waals surface area contributed by atoms with Crippen molar-refractivity contribution in [3.8, 4) is 0 Å².